The van der Waals surface area contributed by atoms with Crippen molar-refractivity contribution < 1.29 is 38.1 Å². The fourth-order valence-electron chi connectivity index (χ4n) is 7.04. The minimum absolute atomic E-state index is 0.156. The zero-order valence-electron chi connectivity index (χ0n) is 30.2. The van der Waals surface area contributed by atoms with Gasteiger partial charge >= 0.3 is 0 Å². The summed E-state index contributed by atoms with van der Waals surface area (Å²) in [6, 6.07) is 9.62. The third-order valence-electron chi connectivity index (χ3n) is 9.50. The Morgan fingerprint density at radius 3 is 2.14 bits per heavy atom. The summed E-state index contributed by atoms with van der Waals surface area (Å²) < 4.78 is 28.0. The second-order valence-corrected chi connectivity index (χ2v) is 12.5. The average Bonchev–Trinajstić information content (AvgIpc) is 3.38. The lowest BCUT2D eigenvalue weighted by atomic mass is 9.92. The third kappa shape index (κ3) is 7.52. The van der Waals surface area contributed by atoms with Crippen LogP contribution in [0.3, 0.4) is 0 Å². The van der Waals surface area contributed by atoms with Crippen molar-refractivity contribution >= 4 is 23.4 Å². The van der Waals surface area contributed by atoms with Crippen LogP contribution in [0.5, 0.6) is 28.7 Å². The van der Waals surface area contributed by atoms with Gasteiger partial charge in [0, 0.05) is 45.5 Å². The monoisotopic (exact) mass is 702 g/mol. The van der Waals surface area contributed by atoms with Crippen LogP contribution in [-0.2, 0) is 33.8 Å². The highest BCUT2D eigenvalue weighted by Crippen LogP contribution is 2.50. The smallest absolute Gasteiger partial charge is 0.242 e. The molecule has 0 saturated heterocycles. The van der Waals surface area contributed by atoms with E-state index in [1.807, 2.05) is 24.3 Å². The fourth-order valence-corrected chi connectivity index (χ4v) is 7.04. The zero-order chi connectivity index (χ0) is 36.8. The number of aryl methyl sites for hydroxylation is 1. The van der Waals surface area contributed by atoms with E-state index in [1.54, 1.807) is 52.5 Å². The van der Waals surface area contributed by atoms with E-state index in [1.165, 1.54) is 14.0 Å². The molecule has 0 aromatic heterocycles. The molecule has 2 aliphatic rings. The summed E-state index contributed by atoms with van der Waals surface area (Å²) in [5.41, 5.74) is 4.95. The van der Waals surface area contributed by atoms with E-state index >= 15 is 0 Å². The fraction of sp³-hybridized carbons (Fsp3) is 0.421. The molecule has 0 saturated carbocycles. The topological polar surface area (TPSA) is 154 Å². The Kier molecular flexibility index (Phi) is 11.6. The predicted molar refractivity (Wildman–Crippen MR) is 192 cm³/mol. The van der Waals surface area contributed by atoms with Gasteiger partial charge in [-0.15, -0.1) is 0 Å². The Labute approximate surface area is 297 Å². The molecule has 3 aromatic rings. The lowest BCUT2D eigenvalue weighted by Gasteiger charge is -2.36. The van der Waals surface area contributed by atoms with Gasteiger partial charge in [-0.3, -0.25) is 19.2 Å². The number of rotatable bonds is 12. The second-order valence-electron chi connectivity index (χ2n) is 12.5. The number of nitrogens with zero attached hydrogens (tertiary/aromatic N) is 1. The SMILES string of the molecule is CNC(=O)C1Cc2cc(OC)c(OC)cc2CN1C(=O)CCCNc1ccc2c(cc1=O)C(NC(C)=O)CCc1cc(OC)c(OC)c(OC)c1-2. The van der Waals surface area contributed by atoms with Crippen molar-refractivity contribution in [2.45, 2.75) is 57.7 Å². The molecule has 1 aliphatic heterocycles. The van der Waals surface area contributed by atoms with Crippen molar-refractivity contribution in [2.75, 3.05) is 54.5 Å². The van der Waals surface area contributed by atoms with Gasteiger partial charge in [0.1, 0.15) is 6.04 Å². The van der Waals surface area contributed by atoms with Crippen LogP contribution in [0.2, 0.25) is 0 Å². The van der Waals surface area contributed by atoms with Crippen molar-refractivity contribution in [3.8, 4) is 39.9 Å². The normalized spacial score (nSPS) is 15.9. The summed E-state index contributed by atoms with van der Waals surface area (Å²) >= 11 is 0. The number of likely N-dealkylation sites (N-methyl/N-ethyl adjacent to an activating group) is 1. The lowest BCUT2D eigenvalue weighted by Crippen LogP contribution is -2.52. The van der Waals surface area contributed by atoms with Crippen LogP contribution in [0.25, 0.3) is 11.1 Å². The first kappa shape index (κ1) is 36.8. The Bertz CT molecular complexity index is 1880. The maximum absolute atomic E-state index is 13.7. The minimum Gasteiger partial charge on any atom is -0.493 e. The number of ether oxygens (including phenoxy) is 5. The van der Waals surface area contributed by atoms with Crippen molar-refractivity contribution in [3.63, 3.8) is 0 Å². The number of anilines is 1. The number of hydrogen-bond acceptors (Lipinski definition) is 10. The molecule has 0 radical (unpaired) electrons. The summed E-state index contributed by atoms with van der Waals surface area (Å²) in [7, 11) is 9.32. The molecule has 0 bridgehead atoms. The number of amides is 3. The second kappa shape index (κ2) is 16.0. The first-order chi connectivity index (χ1) is 24.6. The van der Waals surface area contributed by atoms with Gasteiger partial charge in [0.05, 0.1) is 47.3 Å². The molecule has 51 heavy (non-hydrogen) atoms. The van der Waals surface area contributed by atoms with Crippen molar-refractivity contribution in [3.05, 3.63) is 68.9 Å². The molecular weight excluding hydrogens is 656 g/mol. The molecule has 0 fully saturated rings. The number of benzene rings is 2. The molecule has 2 atom stereocenters. The van der Waals surface area contributed by atoms with E-state index in [4.69, 9.17) is 23.7 Å². The average molecular weight is 703 g/mol. The molecule has 1 heterocycles. The van der Waals surface area contributed by atoms with Crippen LogP contribution in [0.1, 0.15) is 54.5 Å². The van der Waals surface area contributed by atoms with Gasteiger partial charge in [-0.2, -0.15) is 0 Å². The molecule has 3 aromatic carbocycles. The molecule has 1 aliphatic carbocycles. The van der Waals surface area contributed by atoms with Crippen LogP contribution in [0.15, 0.2) is 41.2 Å². The molecule has 5 rings (SSSR count). The summed E-state index contributed by atoms with van der Waals surface area (Å²) in [6.45, 7) is 2.03. The highest BCUT2D eigenvalue weighted by molar-refractivity contribution is 5.88. The summed E-state index contributed by atoms with van der Waals surface area (Å²) in [5, 5.41) is 8.91. The van der Waals surface area contributed by atoms with Gasteiger partial charge in [-0.25, -0.2) is 0 Å². The predicted octanol–water partition coefficient (Wildman–Crippen LogP) is 3.77. The number of carbonyl (C=O) groups is 3. The van der Waals surface area contributed by atoms with Gasteiger partial charge in [-0.1, -0.05) is 6.07 Å². The van der Waals surface area contributed by atoms with E-state index in [-0.39, 0.29) is 36.1 Å². The number of carbonyl (C=O) groups excluding carboxylic acids is 3. The number of nitrogens with one attached hydrogen (secondary N) is 3. The van der Waals surface area contributed by atoms with E-state index in [2.05, 4.69) is 16.0 Å². The largest absolute Gasteiger partial charge is 0.493 e. The lowest BCUT2D eigenvalue weighted by molar-refractivity contribution is -0.141. The standard InChI is InChI=1S/C38H46N4O9/c1-21(43)41-27-12-10-22-16-33(49-5)36(50-6)37(51-7)35(22)25-11-13-28(30(44)19-26(25)27)40-14-8-9-34(45)42-20-24-18-32(48-4)31(47-3)17-23(24)15-29(42)38(46)39-2/h11,13,16-19,27,29H,8-10,12,14-15,20H2,1-7H3,(H,39,46)(H,40,44)(H,41,43). The van der Waals surface area contributed by atoms with E-state index < -0.39 is 12.1 Å². The summed E-state index contributed by atoms with van der Waals surface area (Å²) in [4.78, 5) is 54.0. The van der Waals surface area contributed by atoms with Gasteiger partial charge in [0.25, 0.3) is 0 Å². The van der Waals surface area contributed by atoms with E-state index in [0.29, 0.717) is 72.2 Å². The Morgan fingerprint density at radius 2 is 1.51 bits per heavy atom. The molecule has 0 spiro atoms. The van der Waals surface area contributed by atoms with Gasteiger partial charge in [0.2, 0.25) is 28.9 Å². The quantitative estimate of drug-likeness (QED) is 0.238. The number of hydrogen-bond donors (Lipinski definition) is 3. The Hall–Kier alpha value is -5.46. The molecule has 3 N–H and O–H groups in total. The summed E-state index contributed by atoms with van der Waals surface area (Å²) in [5.74, 6) is 1.89. The van der Waals surface area contributed by atoms with Crippen molar-refractivity contribution in [1.29, 1.82) is 0 Å². The van der Waals surface area contributed by atoms with Gasteiger partial charge < -0.3 is 44.5 Å². The van der Waals surface area contributed by atoms with Crippen molar-refractivity contribution in [1.82, 2.24) is 15.5 Å². The van der Waals surface area contributed by atoms with Crippen LogP contribution < -0.4 is 45.1 Å². The first-order valence-corrected chi connectivity index (χ1v) is 16.8. The summed E-state index contributed by atoms with van der Waals surface area (Å²) in [6.07, 6.45) is 2.05. The minimum atomic E-state index is -0.673. The van der Waals surface area contributed by atoms with E-state index in [9.17, 15) is 19.2 Å². The van der Waals surface area contributed by atoms with Crippen LogP contribution in [0, 0.1) is 0 Å². The molecule has 272 valence electrons. The van der Waals surface area contributed by atoms with Crippen molar-refractivity contribution in [2.24, 2.45) is 0 Å². The maximum atomic E-state index is 13.7. The van der Waals surface area contributed by atoms with Gasteiger partial charge in [0.15, 0.2) is 23.0 Å². The van der Waals surface area contributed by atoms with Gasteiger partial charge in [-0.05, 0) is 77.4 Å². The number of fused-ring (bicyclic) bond motifs is 4. The van der Waals surface area contributed by atoms with Crippen LogP contribution in [-0.4, -0.2) is 77.8 Å². The number of methoxy groups -OCH3 is 5. The Morgan fingerprint density at radius 1 is 0.843 bits per heavy atom. The van der Waals surface area contributed by atoms with Crippen LogP contribution in [0.4, 0.5) is 5.69 Å². The zero-order valence-corrected chi connectivity index (χ0v) is 30.2. The molecule has 13 nitrogen and oxygen atoms in total. The third-order valence-corrected chi connectivity index (χ3v) is 9.50. The molecule has 13 heteroatoms. The van der Waals surface area contributed by atoms with Crippen LogP contribution >= 0.6 is 0 Å². The van der Waals surface area contributed by atoms with E-state index in [0.717, 1.165) is 27.8 Å². The maximum Gasteiger partial charge on any atom is 0.242 e. The first-order valence-electron chi connectivity index (χ1n) is 16.8. The molecule has 2 unspecified atom stereocenters. The Balaban J connectivity index is 1.39. The molecule has 3 amide bonds. The molecular formula is C38H46N4O9. The highest BCUT2D eigenvalue weighted by atomic mass is 16.5. The highest BCUT2D eigenvalue weighted by Gasteiger charge is 2.35.